The Morgan fingerprint density at radius 2 is 1.89 bits per heavy atom. The second-order valence-corrected chi connectivity index (χ2v) is 11.0. The third-order valence-corrected chi connectivity index (χ3v) is 8.82. The van der Waals surface area contributed by atoms with E-state index in [4.69, 9.17) is 10.2 Å². The zero-order valence-electron chi connectivity index (χ0n) is 19.7. The molecule has 0 saturated carbocycles. The Kier molecular flexibility index (Phi) is 7.10. The Balaban J connectivity index is 1.61. The van der Waals surface area contributed by atoms with Gasteiger partial charge in [-0.1, -0.05) is 30.3 Å². The summed E-state index contributed by atoms with van der Waals surface area (Å²) >= 11 is 0. The maximum Gasteiger partial charge on any atom is 0.437 e. The van der Waals surface area contributed by atoms with E-state index in [1.807, 2.05) is 0 Å². The summed E-state index contributed by atoms with van der Waals surface area (Å²) in [7, 11) is -3.83. The standard InChI is InChI=1S/C24H26F2N4O5S/c1-14-8-9-21(16-6-4-3-5-7-16)36(33,34)30(14)12-17-10-20(26)18(11-19(17)25)15(2)23-28-29(13-22(27)31)24(32)35-23/h3-7,10-11,14-15,21H,8-9,12-13H2,1-2H3,(H2,27,31)/t14-,15?,21+/m0/s1. The highest BCUT2D eigenvalue weighted by Crippen LogP contribution is 2.38. The van der Waals surface area contributed by atoms with Crippen LogP contribution in [0.15, 0.2) is 51.7 Å². The Bertz CT molecular complexity index is 1440. The van der Waals surface area contributed by atoms with Gasteiger partial charge in [-0.25, -0.2) is 22.0 Å². The third-order valence-electron chi connectivity index (χ3n) is 6.45. The van der Waals surface area contributed by atoms with Crippen molar-refractivity contribution in [2.24, 2.45) is 5.73 Å². The monoisotopic (exact) mass is 520 g/mol. The highest BCUT2D eigenvalue weighted by Gasteiger charge is 2.40. The van der Waals surface area contributed by atoms with Crippen molar-refractivity contribution in [3.8, 4) is 0 Å². The van der Waals surface area contributed by atoms with Gasteiger partial charge in [0.2, 0.25) is 21.8 Å². The molecule has 1 unspecified atom stereocenters. The number of primary amides is 1. The van der Waals surface area contributed by atoms with Crippen LogP contribution in [-0.2, 0) is 27.9 Å². The lowest BCUT2D eigenvalue weighted by atomic mass is 9.98. The number of nitrogens with zero attached hydrogens (tertiary/aromatic N) is 3. The molecule has 0 bridgehead atoms. The highest BCUT2D eigenvalue weighted by atomic mass is 32.2. The molecule has 0 aliphatic carbocycles. The van der Waals surface area contributed by atoms with Crippen molar-refractivity contribution in [2.75, 3.05) is 0 Å². The van der Waals surface area contributed by atoms with Crippen LogP contribution in [-0.4, -0.2) is 34.5 Å². The summed E-state index contributed by atoms with van der Waals surface area (Å²) in [6.07, 6.45) is 1.01. The highest BCUT2D eigenvalue weighted by molar-refractivity contribution is 7.89. The van der Waals surface area contributed by atoms with Gasteiger partial charge in [-0.2, -0.15) is 8.99 Å². The van der Waals surface area contributed by atoms with Crippen LogP contribution < -0.4 is 11.5 Å². The smallest absolute Gasteiger partial charge is 0.392 e. The first-order valence-corrected chi connectivity index (χ1v) is 12.9. The summed E-state index contributed by atoms with van der Waals surface area (Å²) in [5, 5.41) is 3.08. The van der Waals surface area contributed by atoms with Crippen molar-refractivity contribution in [1.82, 2.24) is 14.1 Å². The summed E-state index contributed by atoms with van der Waals surface area (Å²) < 4.78 is 64.0. The van der Waals surface area contributed by atoms with Crippen molar-refractivity contribution in [3.63, 3.8) is 0 Å². The van der Waals surface area contributed by atoms with Crippen molar-refractivity contribution in [2.45, 2.75) is 57.0 Å². The zero-order chi connectivity index (χ0) is 26.2. The molecule has 0 radical (unpaired) electrons. The molecule has 1 aromatic heterocycles. The van der Waals surface area contributed by atoms with E-state index in [1.54, 1.807) is 37.3 Å². The Hall–Kier alpha value is -3.38. The molecule has 1 amide bonds. The molecular weight excluding hydrogens is 494 g/mol. The molecule has 1 aliphatic rings. The second kappa shape index (κ2) is 9.94. The fourth-order valence-corrected chi connectivity index (χ4v) is 6.64. The van der Waals surface area contributed by atoms with Crippen molar-refractivity contribution < 1.29 is 26.4 Å². The lowest BCUT2D eigenvalue weighted by Crippen LogP contribution is -2.44. The predicted molar refractivity (Wildman–Crippen MR) is 126 cm³/mol. The van der Waals surface area contributed by atoms with Crippen LogP contribution in [0.2, 0.25) is 0 Å². The van der Waals surface area contributed by atoms with Crippen LogP contribution in [0.1, 0.15) is 60.4 Å². The average molecular weight is 521 g/mol. The topological polar surface area (TPSA) is 128 Å². The van der Waals surface area contributed by atoms with Gasteiger partial charge in [-0.3, -0.25) is 4.79 Å². The SMILES string of the molecule is CC(c1nn(CC(N)=O)c(=O)o1)c1cc(F)c(CN2[C@@H](C)CC[C@H](c3ccccc3)S2(=O)=O)cc1F. The van der Waals surface area contributed by atoms with Crippen molar-refractivity contribution >= 4 is 15.9 Å². The molecule has 9 nitrogen and oxygen atoms in total. The fourth-order valence-electron chi connectivity index (χ4n) is 4.45. The quantitative estimate of drug-likeness (QED) is 0.510. The Morgan fingerprint density at radius 1 is 1.19 bits per heavy atom. The van der Waals surface area contributed by atoms with Crippen LogP contribution in [0.5, 0.6) is 0 Å². The summed E-state index contributed by atoms with van der Waals surface area (Å²) in [6, 6.07) is 10.3. The van der Waals surface area contributed by atoms with Gasteiger partial charge in [-0.05, 0) is 44.4 Å². The largest absolute Gasteiger partial charge is 0.437 e. The fraction of sp³-hybridized carbons (Fsp3) is 0.375. The molecule has 3 atom stereocenters. The second-order valence-electron chi connectivity index (χ2n) is 8.93. The molecule has 1 saturated heterocycles. The molecule has 2 N–H and O–H groups in total. The van der Waals surface area contributed by atoms with E-state index in [1.165, 1.54) is 11.2 Å². The van der Waals surface area contributed by atoms with E-state index in [2.05, 4.69) is 5.10 Å². The number of nitrogens with two attached hydrogens (primary N) is 1. The molecule has 3 aromatic rings. The maximum atomic E-state index is 15.1. The summed E-state index contributed by atoms with van der Waals surface area (Å²) in [5.74, 6) is -4.57. The number of sulfonamides is 1. The number of hydrogen-bond donors (Lipinski definition) is 1. The summed E-state index contributed by atoms with van der Waals surface area (Å²) in [6.45, 7) is 2.36. The summed E-state index contributed by atoms with van der Waals surface area (Å²) in [4.78, 5) is 22.9. The number of aromatic nitrogens is 2. The molecule has 1 fully saturated rings. The molecule has 0 spiro atoms. The lowest BCUT2D eigenvalue weighted by Gasteiger charge is -2.37. The molecule has 4 rings (SSSR count). The first kappa shape index (κ1) is 25.7. The molecule has 1 aliphatic heterocycles. The van der Waals surface area contributed by atoms with E-state index >= 15 is 8.78 Å². The zero-order valence-corrected chi connectivity index (χ0v) is 20.5. The van der Waals surface area contributed by atoms with E-state index in [0.717, 1.165) is 12.1 Å². The van der Waals surface area contributed by atoms with E-state index in [-0.39, 0.29) is 29.6 Å². The normalized spacial score (nSPS) is 20.8. The predicted octanol–water partition coefficient (Wildman–Crippen LogP) is 2.81. The molecular formula is C24H26F2N4O5S. The number of amides is 1. The Labute approximate surface area is 206 Å². The molecule has 2 heterocycles. The van der Waals surface area contributed by atoms with Gasteiger partial charge in [0.05, 0.1) is 5.92 Å². The number of halogens is 2. The van der Waals surface area contributed by atoms with Crippen LogP contribution in [0.4, 0.5) is 8.78 Å². The van der Waals surface area contributed by atoms with Gasteiger partial charge in [0.25, 0.3) is 0 Å². The number of benzene rings is 2. The van der Waals surface area contributed by atoms with Crippen LogP contribution >= 0.6 is 0 Å². The van der Waals surface area contributed by atoms with Crippen LogP contribution in [0.25, 0.3) is 0 Å². The minimum Gasteiger partial charge on any atom is -0.392 e. The van der Waals surface area contributed by atoms with Crippen molar-refractivity contribution in [3.05, 3.63) is 87.2 Å². The number of hydrogen-bond acceptors (Lipinski definition) is 6. The molecule has 12 heteroatoms. The maximum absolute atomic E-state index is 15.1. The van der Waals surface area contributed by atoms with Crippen molar-refractivity contribution in [1.29, 1.82) is 0 Å². The van der Waals surface area contributed by atoms with Gasteiger partial charge < -0.3 is 10.2 Å². The number of carbonyl (C=O) groups is 1. The van der Waals surface area contributed by atoms with Gasteiger partial charge in [-0.15, -0.1) is 5.10 Å². The van der Waals surface area contributed by atoms with Gasteiger partial charge >= 0.3 is 5.76 Å². The minimum atomic E-state index is -3.83. The van der Waals surface area contributed by atoms with Crippen LogP contribution in [0.3, 0.4) is 0 Å². The number of carbonyl (C=O) groups excluding carboxylic acids is 1. The van der Waals surface area contributed by atoms with Gasteiger partial charge in [0.15, 0.2) is 0 Å². The van der Waals surface area contributed by atoms with E-state index < -0.39 is 51.0 Å². The molecule has 2 aromatic carbocycles. The third kappa shape index (κ3) is 4.96. The summed E-state index contributed by atoms with van der Waals surface area (Å²) in [5.41, 5.74) is 5.46. The molecule has 36 heavy (non-hydrogen) atoms. The van der Waals surface area contributed by atoms with E-state index in [9.17, 15) is 18.0 Å². The molecule has 192 valence electrons. The van der Waals surface area contributed by atoms with E-state index in [0.29, 0.717) is 23.1 Å². The minimum absolute atomic E-state index is 0.117. The van der Waals surface area contributed by atoms with Gasteiger partial charge in [0.1, 0.15) is 23.4 Å². The average Bonchev–Trinajstić information content (AvgIpc) is 3.18. The first-order valence-electron chi connectivity index (χ1n) is 11.4. The van der Waals surface area contributed by atoms with Crippen LogP contribution in [0, 0.1) is 11.6 Å². The first-order chi connectivity index (χ1) is 17.0. The van der Waals surface area contributed by atoms with Gasteiger partial charge in [0, 0.05) is 23.7 Å². The Morgan fingerprint density at radius 3 is 2.56 bits per heavy atom. The number of rotatable bonds is 7. The lowest BCUT2D eigenvalue weighted by molar-refractivity contribution is -0.118.